The molecule has 0 aromatic heterocycles. The lowest BCUT2D eigenvalue weighted by atomic mass is 10.1. The number of nitrogens with one attached hydrogen (secondary N) is 1. The Labute approximate surface area is 166 Å². The molecular weight excluding hydrogens is 497 g/mol. The van der Waals surface area contributed by atoms with Crippen molar-refractivity contribution in [3.8, 4) is 5.75 Å². The summed E-state index contributed by atoms with van der Waals surface area (Å²) in [5, 5.41) is 8.85. The van der Waals surface area contributed by atoms with Crippen molar-refractivity contribution >= 4 is 53.5 Å². The molecule has 2 aromatic carbocycles. The number of carbonyl (C=O) groups is 1. The van der Waals surface area contributed by atoms with Crippen LogP contribution in [0.5, 0.6) is 5.75 Å². The molecule has 140 valence electrons. The molecule has 0 bridgehead atoms. The van der Waals surface area contributed by atoms with Gasteiger partial charge in [-0.15, -0.1) is 0 Å². The summed E-state index contributed by atoms with van der Waals surface area (Å²) in [6.45, 7) is -0.152. The Balaban J connectivity index is 2.21. The van der Waals surface area contributed by atoms with Crippen LogP contribution < -0.4 is 9.46 Å². The van der Waals surface area contributed by atoms with E-state index in [-0.39, 0.29) is 24.3 Å². The Morgan fingerprint density at radius 1 is 1.27 bits per heavy atom. The lowest BCUT2D eigenvalue weighted by Gasteiger charge is -2.14. The number of aliphatic carboxylic acids is 1. The van der Waals surface area contributed by atoms with Gasteiger partial charge in [-0.25, -0.2) is 12.8 Å². The first kappa shape index (κ1) is 20.7. The number of rotatable bonds is 7. The van der Waals surface area contributed by atoms with Crippen molar-refractivity contribution in [1.29, 1.82) is 0 Å². The van der Waals surface area contributed by atoms with E-state index in [9.17, 15) is 17.6 Å². The van der Waals surface area contributed by atoms with Gasteiger partial charge < -0.3 is 9.84 Å². The van der Waals surface area contributed by atoms with Crippen LogP contribution >= 0.6 is 31.9 Å². The highest BCUT2D eigenvalue weighted by Gasteiger charge is 2.15. The quantitative estimate of drug-likeness (QED) is 0.588. The van der Waals surface area contributed by atoms with Crippen LogP contribution in [0.1, 0.15) is 11.1 Å². The fourth-order valence-electron chi connectivity index (χ4n) is 2.15. The minimum Gasteiger partial charge on any atom is -0.486 e. The maximum Gasteiger partial charge on any atom is 0.307 e. The van der Waals surface area contributed by atoms with Crippen molar-refractivity contribution in [3.63, 3.8) is 0 Å². The number of hydrogen-bond donors (Lipinski definition) is 2. The summed E-state index contributed by atoms with van der Waals surface area (Å²) in [5.41, 5.74) is 0.560. The molecule has 2 rings (SSSR count). The average Bonchev–Trinajstić information content (AvgIpc) is 2.47. The fourth-order valence-corrected chi connectivity index (χ4v) is 4.21. The van der Waals surface area contributed by atoms with Crippen molar-refractivity contribution in [2.24, 2.45) is 0 Å². The summed E-state index contributed by atoms with van der Waals surface area (Å²) in [7, 11) is -3.61. The molecule has 0 spiro atoms. The first-order chi connectivity index (χ1) is 12.1. The SMILES string of the molecule is CS(=O)(=O)Nc1cccc(COc2c(Br)cc(CC(=O)O)cc2Br)c1F. The molecule has 0 fully saturated rings. The second-order valence-electron chi connectivity index (χ2n) is 5.40. The van der Waals surface area contributed by atoms with Gasteiger partial charge in [-0.1, -0.05) is 12.1 Å². The van der Waals surface area contributed by atoms with E-state index in [4.69, 9.17) is 9.84 Å². The van der Waals surface area contributed by atoms with Crippen molar-refractivity contribution in [1.82, 2.24) is 0 Å². The lowest BCUT2D eigenvalue weighted by molar-refractivity contribution is -0.136. The molecule has 0 heterocycles. The van der Waals surface area contributed by atoms with Crippen LogP contribution in [0.2, 0.25) is 0 Å². The molecule has 0 aliphatic carbocycles. The van der Waals surface area contributed by atoms with Crippen molar-refractivity contribution in [2.75, 3.05) is 11.0 Å². The molecule has 0 atom stereocenters. The zero-order valence-corrected chi connectivity index (χ0v) is 17.4. The normalized spacial score (nSPS) is 11.2. The molecule has 10 heteroatoms. The number of hydrogen-bond acceptors (Lipinski definition) is 4. The molecule has 0 amide bonds. The van der Waals surface area contributed by atoms with Gasteiger partial charge >= 0.3 is 5.97 Å². The number of halogens is 3. The van der Waals surface area contributed by atoms with Gasteiger partial charge in [-0.3, -0.25) is 9.52 Å². The highest BCUT2D eigenvalue weighted by molar-refractivity contribution is 9.11. The predicted octanol–water partition coefficient (Wildman–Crippen LogP) is 3.93. The standard InChI is InChI=1S/C16H14Br2FNO5S/c1-26(23,24)20-13-4-2-3-10(15(13)19)8-25-16-11(17)5-9(6-12(16)18)7-14(21)22/h2-6,20H,7-8H2,1H3,(H,21,22). The Bertz CT molecular complexity index is 927. The van der Waals surface area contributed by atoms with Crippen LogP contribution in [0.25, 0.3) is 0 Å². The summed E-state index contributed by atoms with van der Waals surface area (Å²) in [6.07, 6.45) is 0.786. The summed E-state index contributed by atoms with van der Waals surface area (Å²) in [6, 6.07) is 7.50. The van der Waals surface area contributed by atoms with Gasteiger partial charge in [-0.05, 0) is 55.6 Å². The van der Waals surface area contributed by atoms with Crippen LogP contribution in [0.3, 0.4) is 0 Å². The Morgan fingerprint density at radius 2 is 1.88 bits per heavy atom. The topological polar surface area (TPSA) is 92.7 Å². The fraction of sp³-hybridized carbons (Fsp3) is 0.188. The Kier molecular flexibility index (Phi) is 6.64. The molecule has 2 aromatic rings. The van der Waals surface area contributed by atoms with E-state index in [0.29, 0.717) is 20.3 Å². The van der Waals surface area contributed by atoms with Crippen LogP contribution in [0.15, 0.2) is 39.3 Å². The maximum absolute atomic E-state index is 14.4. The first-order valence-corrected chi connectivity index (χ1v) is 10.6. The molecule has 0 unspecified atom stereocenters. The molecule has 0 aliphatic rings. The third-order valence-electron chi connectivity index (χ3n) is 3.16. The van der Waals surface area contributed by atoms with Gasteiger partial charge in [-0.2, -0.15) is 0 Å². The van der Waals surface area contributed by atoms with E-state index >= 15 is 0 Å². The van der Waals surface area contributed by atoms with Gasteiger partial charge in [0.25, 0.3) is 0 Å². The second-order valence-corrected chi connectivity index (χ2v) is 8.86. The number of carboxylic acid groups (broad SMARTS) is 1. The monoisotopic (exact) mass is 509 g/mol. The van der Waals surface area contributed by atoms with E-state index in [1.807, 2.05) is 0 Å². The van der Waals surface area contributed by atoms with Crippen LogP contribution in [0, 0.1) is 5.82 Å². The maximum atomic E-state index is 14.4. The molecular formula is C16H14Br2FNO5S. The van der Waals surface area contributed by atoms with E-state index in [0.717, 1.165) is 6.26 Å². The highest BCUT2D eigenvalue weighted by atomic mass is 79.9. The summed E-state index contributed by atoms with van der Waals surface area (Å²) in [4.78, 5) is 10.8. The van der Waals surface area contributed by atoms with Crippen molar-refractivity contribution in [3.05, 3.63) is 56.2 Å². The van der Waals surface area contributed by atoms with Gasteiger partial charge in [0.1, 0.15) is 12.4 Å². The van der Waals surface area contributed by atoms with Gasteiger partial charge in [0.2, 0.25) is 10.0 Å². The van der Waals surface area contributed by atoms with E-state index in [1.165, 1.54) is 18.2 Å². The van der Waals surface area contributed by atoms with E-state index in [1.54, 1.807) is 12.1 Å². The Morgan fingerprint density at radius 3 is 2.42 bits per heavy atom. The zero-order chi connectivity index (χ0) is 19.5. The molecule has 0 saturated heterocycles. The third-order valence-corrected chi connectivity index (χ3v) is 4.93. The minimum absolute atomic E-state index is 0.148. The number of carboxylic acids is 1. The van der Waals surface area contributed by atoms with Crippen LogP contribution in [-0.4, -0.2) is 25.7 Å². The molecule has 6 nitrogen and oxygen atoms in total. The number of benzene rings is 2. The van der Waals surface area contributed by atoms with Crippen molar-refractivity contribution in [2.45, 2.75) is 13.0 Å². The summed E-state index contributed by atoms with van der Waals surface area (Å²) >= 11 is 6.60. The number of sulfonamides is 1. The number of anilines is 1. The van der Waals surface area contributed by atoms with E-state index in [2.05, 4.69) is 36.6 Å². The van der Waals surface area contributed by atoms with Gasteiger partial charge in [0.15, 0.2) is 5.82 Å². The first-order valence-electron chi connectivity index (χ1n) is 7.14. The number of ether oxygens (including phenoxy) is 1. The minimum atomic E-state index is -3.61. The lowest BCUT2D eigenvalue weighted by Crippen LogP contribution is -2.12. The average molecular weight is 511 g/mol. The third kappa shape index (κ3) is 5.68. The summed E-state index contributed by atoms with van der Waals surface area (Å²) < 4.78 is 45.7. The Hall–Kier alpha value is -1.65. The molecule has 2 N–H and O–H groups in total. The zero-order valence-electron chi connectivity index (χ0n) is 13.4. The largest absolute Gasteiger partial charge is 0.486 e. The molecule has 0 saturated carbocycles. The van der Waals surface area contributed by atoms with Crippen molar-refractivity contribution < 1.29 is 27.4 Å². The smallest absolute Gasteiger partial charge is 0.307 e. The highest BCUT2D eigenvalue weighted by Crippen LogP contribution is 2.36. The summed E-state index contributed by atoms with van der Waals surface area (Å²) in [5.74, 6) is -1.32. The van der Waals surface area contributed by atoms with Crippen LogP contribution in [0.4, 0.5) is 10.1 Å². The predicted molar refractivity (Wildman–Crippen MR) is 102 cm³/mol. The van der Waals surface area contributed by atoms with Gasteiger partial charge in [0.05, 0.1) is 27.3 Å². The van der Waals surface area contributed by atoms with E-state index < -0.39 is 21.8 Å². The molecule has 26 heavy (non-hydrogen) atoms. The molecule has 0 aliphatic heterocycles. The molecule has 0 radical (unpaired) electrons. The van der Waals surface area contributed by atoms with Crippen LogP contribution in [-0.2, 0) is 27.8 Å². The second kappa shape index (κ2) is 8.36. The van der Waals surface area contributed by atoms with Gasteiger partial charge in [0, 0.05) is 5.56 Å².